The summed E-state index contributed by atoms with van der Waals surface area (Å²) in [4.78, 5) is 23.5. The van der Waals surface area contributed by atoms with Crippen LogP contribution in [0.1, 0.15) is 6.92 Å². The highest BCUT2D eigenvalue weighted by Gasteiger charge is 2.17. The number of aromatic amines is 1. The number of H-pyrrole nitrogens is 1. The zero-order valence-corrected chi connectivity index (χ0v) is 11.3. The van der Waals surface area contributed by atoms with Gasteiger partial charge in [-0.05, 0) is 6.92 Å². The van der Waals surface area contributed by atoms with Gasteiger partial charge in [0.2, 0.25) is 12.2 Å². The van der Waals surface area contributed by atoms with Gasteiger partial charge in [0.05, 0.1) is 23.5 Å². The van der Waals surface area contributed by atoms with E-state index in [0.717, 1.165) is 9.75 Å². The Kier molecular flexibility index (Phi) is 3.30. The third kappa shape index (κ3) is 2.32. The number of aromatic nitrogens is 4. The predicted molar refractivity (Wildman–Crippen MR) is 72.6 cm³/mol. The molecule has 3 heterocycles. The number of thiophene rings is 1. The molecule has 7 nitrogen and oxygen atoms in total. The van der Waals surface area contributed by atoms with Crippen molar-refractivity contribution in [2.75, 3.05) is 6.61 Å². The van der Waals surface area contributed by atoms with Gasteiger partial charge in [-0.2, -0.15) is 4.98 Å². The maximum atomic E-state index is 11.3. The molecular formula is C12H10N4O3S. The molecule has 0 bridgehead atoms. The number of hydrogen-bond donors (Lipinski definition) is 1. The zero-order chi connectivity index (χ0) is 13.9. The Hall–Kier alpha value is -2.48. The molecule has 0 unspecified atom stereocenters. The van der Waals surface area contributed by atoms with Gasteiger partial charge < -0.3 is 14.2 Å². The summed E-state index contributed by atoms with van der Waals surface area (Å²) >= 11 is 1.39. The van der Waals surface area contributed by atoms with Crippen LogP contribution in [0.4, 0.5) is 0 Å². The molecule has 1 N–H and O–H groups in total. The lowest BCUT2D eigenvalue weighted by molar-refractivity contribution is 0.342. The lowest BCUT2D eigenvalue weighted by Crippen LogP contribution is -2.03. The Morgan fingerprint density at radius 1 is 1.40 bits per heavy atom. The molecule has 0 spiro atoms. The Morgan fingerprint density at radius 2 is 2.30 bits per heavy atom. The predicted octanol–water partition coefficient (Wildman–Crippen LogP) is 1.95. The molecular weight excluding hydrogens is 280 g/mol. The fourth-order valence-electron chi connectivity index (χ4n) is 1.69. The second-order valence-electron chi connectivity index (χ2n) is 3.79. The van der Waals surface area contributed by atoms with Crippen molar-refractivity contribution in [3.8, 4) is 27.0 Å². The van der Waals surface area contributed by atoms with E-state index in [1.54, 1.807) is 0 Å². The minimum absolute atomic E-state index is 0.206. The van der Waals surface area contributed by atoms with Gasteiger partial charge in [0, 0.05) is 12.1 Å². The van der Waals surface area contributed by atoms with Crippen molar-refractivity contribution in [3.05, 3.63) is 35.2 Å². The van der Waals surface area contributed by atoms with E-state index in [2.05, 4.69) is 20.1 Å². The van der Waals surface area contributed by atoms with Crippen molar-refractivity contribution < 1.29 is 9.26 Å². The molecule has 0 amide bonds. The smallest absolute Gasteiger partial charge is 0.251 e. The highest BCUT2D eigenvalue weighted by atomic mass is 32.1. The van der Waals surface area contributed by atoms with Crippen molar-refractivity contribution in [2.45, 2.75) is 6.92 Å². The average molecular weight is 290 g/mol. The first kappa shape index (κ1) is 12.5. The molecule has 0 aromatic carbocycles. The molecule has 3 aromatic heterocycles. The summed E-state index contributed by atoms with van der Waals surface area (Å²) in [5.74, 6) is 1.10. The Labute approximate surface area is 117 Å². The quantitative estimate of drug-likeness (QED) is 0.789. The SMILES string of the molecule is CCOc1cc(-c2cc(=O)[nH]cn2)sc1-c1ncon1. The molecule has 3 rings (SSSR count). The lowest BCUT2D eigenvalue weighted by atomic mass is 10.3. The molecule has 0 saturated heterocycles. The molecule has 0 saturated carbocycles. The summed E-state index contributed by atoms with van der Waals surface area (Å²) in [6.45, 7) is 2.41. The van der Waals surface area contributed by atoms with Crippen LogP contribution in [0.25, 0.3) is 21.3 Å². The van der Waals surface area contributed by atoms with Crippen molar-refractivity contribution in [3.63, 3.8) is 0 Å². The van der Waals surface area contributed by atoms with Gasteiger partial charge >= 0.3 is 0 Å². The monoisotopic (exact) mass is 290 g/mol. The van der Waals surface area contributed by atoms with Crippen LogP contribution < -0.4 is 10.3 Å². The summed E-state index contributed by atoms with van der Waals surface area (Å²) in [5, 5.41) is 3.81. The van der Waals surface area contributed by atoms with Gasteiger partial charge in [0.1, 0.15) is 10.6 Å². The van der Waals surface area contributed by atoms with E-state index in [-0.39, 0.29) is 5.56 Å². The van der Waals surface area contributed by atoms with Crippen LogP contribution in [0, 0.1) is 0 Å². The van der Waals surface area contributed by atoms with Crippen molar-refractivity contribution in [1.29, 1.82) is 0 Å². The number of hydrogen-bond acceptors (Lipinski definition) is 7. The summed E-state index contributed by atoms with van der Waals surface area (Å²) < 4.78 is 10.3. The first-order chi connectivity index (χ1) is 9.78. The Morgan fingerprint density at radius 3 is 3.00 bits per heavy atom. The second kappa shape index (κ2) is 5.25. The van der Waals surface area contributed by atoms with E-state index in [1.165, 1.54) is 30.1 Å². The standard InChI is InChI=1S/C12H10N4O3S/c1-2-18-8-4-9(7-3-10(17)14-5-13-7)20-11(8)12-15-6-19-16-12/h3-6H,2H2,1H3,(H,13,14,17). The molecule has 20 heavy (non-hydrogen) atoms. The molecule has 0 aliphatic carbocycles. The minimum Gasteiger partial charge on any atom is -0.492 e. The van der Waals surface area contributed by atoms with Crippen LogP contribution in [0.15, 0.2) is 34.2 Å². The molecule has 3 aromatic rings. The van der Waals surface area contributed by atoms with Crippen molar-refractivity contribution in [1.82, 2.24) is 20.1 Å². The van der Waals surface area contributed by atoms with E-state index in [0.29, 0.717) is 23.9 Å². The van der Waals surface area contributed by atoms with Gasteiger partial charge in [-0.25, -0.2) is 4.98 Å². The minimum atomic E-state index is -0.206. The third-order valence-electron chi connectivity index (χ3n) is 2.49. The highest BCUT2D eigenvalue weighted by Crippen LogP contribution is 2.40. The molecule has 0 aliphatic heterocycles. The molecule has 8 heteroatoms. The largest absolute Gasteiger partial charge is 0.492 e. The van der Waals surface area contributed by atoms with Crippen LogP contribution in [-0.4, -0.2) is 26.7 Å². The fraction of sp³-hybridized carbons (Fsp3) is 0.167. The second-order valence-corrected chi connectivity index (χ2v) is 4.84. The number of nitrogens with zero attached hydrogens (tertiary/aromatic N) is 3. The van der Waals surface area contributed by atoms with Crippen molar-refractivity contribution >= 4 is 11.3 Å². The number of ether oxygens (including phenoxy) is 1. The van der Waals surface area contributed by atoms with Crippen LogP contribution in [0.2, 0.25) is 0 Å². The van der Waals surface area contributed by atoms with Gasteiger partial charge in [-0.1, -0.05) is 5.16 Å². The van der Waals surface area contributed by atoms with Gasteiger partial charge in [0.15, 0.2) is 0 Å². The zero-order valence-electron chi connectivity index (χ0n) is 10.5. The molecule has 0 radical (unpaired) electrons. The maximum Gasteiger partial charge on any atom is 0.251 e. The first-order valence-electron chi connectivity index (χ1n) is 5.86. The van der Waals surface area contributed by atoms with Gasteiger partial charge in [0.25, 0.3) is 5.56 Å². The fourth-order valence-corrected chi connectivity index (χ4v) is 2.69. The third-order valence-corrected chi connectivity index (χ3v) is 3.63. The van der Waals surface area contributed by atoms with E-state index in [1.807, 2.05) is 13.0 Å². The maximum absolute atomic E-state index is 11.3. The van der Waals surface area contributed by atoms with Crippen LogP contribution >= 0.6 is 11.3 Å². The Bertz CT molecular complexity index is 763. The average Bonchev–Trinajstić information content (AvgIpc) is 3.07. The summed E-state index contributed by atoms with van der Waals surface area (Å²) in [5.41, 5.74) is 0.372. The van der Waals surface area contributed by atoms with Gasteiger partial charge in [-0.15, -0.1) is 11.3 Å². The summed E-state index contributed by atoms with van der Waals surface area (Å²) in [7, 11) is 0. The molecule has 0 fully saturated rings. The topological polar surface area (TPSA) is 93.9 Å². The lowest BCUT2D eigenvalue weighted by Gasteiger charge is -1.99. The molecule has 0 aliphatic rings. The Balaban J connectivity index is 2.10. The van der Waals surface area contributed by atoms with E-state index < -0.39 is 0 Å². The highest BCUT2D eigenvalue weighted by molar-refractivity contribution is 7.19. The van der Waals surface area contributed by atoms with Crippen LogP contribution in [0.5, 0.6) is 5.75 Å². The first-order valence-corrected chi connectivity index (χ1v) is 6.68. The van der Waals surface area contributed by atoms with E-state index >= 15 is 0 Å². The van der Waals surface area contributed by atoms with Gasteiger partial charge in [-0.3, -0.25) is 4.79 Å². The number of rotatable bonds is 4. The molecule has 102 valence electrons. The van der Waals surface area contributed by atoms with Crippen LogP contribution in [-0.2, 0) is 0 Å². The molecule has 0 atom stereocenters. The number of nitrogens with one attached hydrogen (secondary N) is 1. The summed E-state index contributed by atoms with van der Waals surface area (Å²) in [6.07, 6.45) is 2.63. The van der Waals surface area contributed by atoms with E-state index in [4.69, 9.17) is 9.26 Å². The normalized spacial score (nSPS) is 10.7. The van der Waals surface area contributed by atoms with Crippen LogP contribution in [0.3, 0.4) is 0 Å². The van der Waals surface area contributed by atoms with E-state index in [9.17, 15) is 4.79 Å². The van der Waals surface area contributed by atoms with Crippen molar-refractivity contribution in [2.24, 2.45) is 0 Å². The summed E-state index contributed by atoms with van der Waals surface area (Å²) in [6, 6.07) is 3.25.